The number of nitrogens with one attached hydrogen (secondary N) is 1. The molecule has 1 saturated heterocycles. The van der Waals surface area contributed by atoms with Gasteiger partial charge in [0.25, 0.3) is 5.91 Å². The summed E-state index contributed by atoms with van der Waals surface area (Å²) in [6.07, 6.45) is 1.31. The van der Waals surface area contributed by atoms with Gasteiger partial charge in [0.1, 0.15) is 11.3 Å². The number of hydrogen-bond acceptors (Lipinski definition) is 7. The molecule has 0 aromatic heterocycles. The van der Waals surface area contributed by atoms with Crippen molar-refractivity contribution in [2.24, 2.45) is 5.10 Å². The molecule has 0 unspecified atom stereocenters. The fraction of sp³-hybridized carbons (Fsp3) is 0.250. The second kappa shape index (κ2) is 7.70. The van der Waals surface area contributed by atoms with Gasteiger partial charge in [-0.1, -0.05) is 12.1 Å². The number of rotatable bonds is 6. The second-order valence-electron chi connectivity index (χ2n) is 6.42. The van der Waals surface area contributed by atoms with E-state index < -0.39 is 17.5 Å². The average molecular weight is 399 g/mol. The maximum absolute atomic E-state index is 12.9. The minimum absolute atomic E-state index is 0.158. The summed E-state index contributed by atoms with van der Waals surface area (Å²) in [6, 6.07) is 9.19. The molecule has 3 rings (SSSR count). The molecule has 3 amide bonds. The molecule has 1 heterocycles. The third kappa shape index (κ3) is 3.54. The lowest BCUT2D eigenvalue weighted by Gasteiger charge is -2.21. The number of hydrogen-bond donors (Lipinski definition) is 2. The lowest BCUT2D eigenvalue weighted by molar-refractivity contribution is -0.131. The number of methoxy groups -OCH3 is 3. The maximum atomic E-state index is 12.9. The van der Waals surface area contributed by atoms with Crippen molar-refractivity contribution in [3.05, 3.63) is 47.5 Å². The number of aromatic hydroxyl groups is 1. The van der Waals surface area contributed by atoms with Crippen LogP contribution >= 0.6 is 0 Å². The van der Waals surface area contributed by atoms with Crippen LogP contribution in [0.2, 0.25) is 0 Å². The molecule has 1 atom stereocenters. The highest BCUT2D eigenvalue weighted by molar-refractivity contribution is 6.07. The molecule has 0 spiro atoms. The van der Waals surface area contributed by atoms with Gasteiger partial charge in [-0.15, -0.1) is 5.01 Å². The second-order valence-corrected chi connectivity index (χ2v) is 6.42. The highest BCUT2D eigenvalue weighted by Gasteiger charge is 2.49. The highest BCUT2D eigenvalue weighted by Crippen LogP contribution is 2.37. The standard InChI is InChI=1S/C20H21N3O6/c1-20(13-5-7-14(27-2)8-6-13)18(25)23(19(26)22-20)21-11-12-9-15(28-3)17(24)16(10-12)29-4/h5-11,24H,1-4H3,(H,22,26)/b21-11+/t20-/m1/s1. The van der Waals surface area contributed by atoms with Crippen LogP contribution < -0.4 is 19.5 Å². The summed E-state index contributed by atoms with van der Waals surface area (Å²) < 4.78 is 15.3. The van der Waals surface area contributed by atoms with Crippen molar-refractivity contribution in [2.75, 3.05) is 21.3 Å². The molecular formula is C20H21N3O6. The Hall–Kier alpha value is -3.75. The number of imide groups is 1. The number of urea groups is 1. The van der Waals surface area contributed by atoms with Crippen LogP contribution in [0.25, 0.3) is 0 Å². The van der Waals surface area contributed by atoms with Gasteiger partial charge in [-0.2, -0.15) is 5.10 Å². The largest absolute Gasteiger partial charge is 0.502 e. The van der Waals surface area contributed by atoms with Crippen LogP contribution in [-0.2, 0) is 10.3 Å². The molecule has 0 aliphatic carbocycles. The molecule has 1 aliphatic heterocycles. The molecule has 0 bridgehead atoms. The van der Waals surface area contributed by atoms with Gasteiger partial charge in [-0.05, 0) is 36.8 Å². The van der Waals surface area contributed by atoms with Gasteiger partial charge >= 0.3 is 6.03 Å². The first kappa shape index (κ1) is 20.0. The number of amides is 3. The first-order chi connectivity index (χ1) is 13.8. The van der Waals surface area contributed by atoms with Gasteiger partial charge in [0, 0.05) is 5.56 Å². The fourth-order valence-electron chi connectivity index (χ4n) is 2.96. The topological polar surface area (TPSA) is 110 Å². The average Bonchev–Trinajstić information content (AvgIpc) is 2.96. The number of phenolic OH excluding ortho intramolecular Hbond substituents is 1. The van der Waals surface area contributed by atoms with Gasteiger partial charge < -0.3 is 24.6 Å². The molecule has 2 aromatic carbocycles. The monoisotopic (exact) mass is 399 g/mol. The van der Waals surface area contributed by atoms with E-state index in [1.165, 1.54) is 32.6 Å². The smallest absolute Gasteiger partial charge is 0.346 e. The third-order valence-electron chi connectivity index (χ3n) is 4.66. The van der Waals surface area contributed by atoms with E-state index in [0.717, 1.165) is 5.01 Å². The van der Waals surface area contributed by atoms with Crippen LogP contribution in [0.15, 0.2) is 41.5 Å². The summed E-state index contributed by atoms with van der Waals surface area (Å²) in [5.74, 6) is 0.298. The van der Waals surface area contributed by atoms with Crippen LogP contribution in [0.1, 0.15) is 18.1 Å². The summed E-state index contributed by atoms with van der Waals surface area (Å²) >= 11 is 0. The predicted molar refractivity (Wildman–Crippen MR) is 105 cm³/mol. The van der Waals surface area contributed by atoms with Gasteiger partial charge in [-0.3, -0.25) is 4.79 Å². The number of carbonyl (C=O) groups excluding carboxylic acids is 2. The lowest BCUT2D eigenvalue weighted by Crippen LogP contribution is -2.40. The van der Waals surface area contributed by atoms with Crippen molar-refractivity contribution in [1.29, 1.82) is 0 Å². The summed E-state index contributed by atoms with van der Waals surface area (Å²) in [4.78, 5) is 25.3. The first-order valence-electron chi connectivity index (χ1n) is 8.64. The molecular weight excluding hydrogens is 378 g/mol. The molecule has 1 aliphatic rings. The Kier molecular flexibility index (Phi) is 5.31. The van der Waals surface area contributed by atoms with Crippen molar-refractivity contribution in [2.45, 2.75) is 12.5 Å². The van der Waals surface area contributed by atoms with E-state index in [4.69, 9.17) is 14.2 Å². The fourth-order valence-corrected chi connectivity index (χ4v) is 2.96. The van der Waals surface area contributed by atoms with Crippen LogP contribution in [-0.4, -0.2) is 49.6 Å². The molecule has 2 N–H and O–H groups in total. The van der Waals surface area contributed by atoms with Gasteiger partial charge in [0.15, 0.2) is 11.5 Å². The zero-order chi connectivity index (χ0) is 21.2. The van der Waals surface area contributed by atoms with E-state index in [1.54, 1.807) is 38.3 Å². The van der Waals surface area contributed by atoms with E-state index in [9.17, 15) is 14.7 Å². The number of hydrazone groups is 1. The predicted octanol–water partition coefficient (Wildman–Crippen LogP) is 2.22. The summed E-state index contributed by atoms with van der Waals surface area (Å²) in [6.45, 7) is 1.61. The Balaban J connectivity index is 1.88. The van der Waals surface area contributed by atoms with Gasteiger partial charge in [-0.25, -0.2) is 4.79 Å². The quantitative estimate of drug-likeness (QED) is 0.569. The molecule has 29 heavy (non-hydrogen) atoms. The molecule has 0 saturated carbocycles. The molecule has 9 nitrogen and oxygen atoms in total. The number of benzene rings is 2. The van der Waals surface area contributed by atoms with Crippen LogP contribution in [0.3, 0.4) is 0 Å². The molecule has 0 radical (unpaired) electrons. The Labute approximate surface area is 167 Å². The van der Waals surface area contributed by atoms with E-state index in [2.05, 4.69) is 10.4 Å². The zero-order valence-electron chi connectivity index (χ0n) is 16.4. The Morgan fingerprint density at radius 2 is 1.62 bits per heavy atom. The lowest BCUT2D eigenvalue weighted by atomic mass is 9.92. The van der Waals surface area contributed by atoms with Crippen LogP contribution in [0, 0.1) is 0 Å². The molecule has 2 aromatic rings. The number of ether oxygens (including phenoxy) is 3. The van der Waals surface area contributed by atoms with Crippen molar-refractivity contribution >= 4 is 18.2 Å². The minimum atomic E-state index is -1.26. The van der Waals surface area contributed by atoms with Crippen molar-refractivity contribution in [3.8, 4) is 23.0 Å². The van der Waals surface area contributed by atoms with Gasteiger partial charge in [0.05, 0.1) is 27.5 Å². The summed E-state index contributed by atoms with van der Waals surface area (Å²) in [5, 5.41) is 17.4. The number of carbonyl (C=O) groups is 2. The van der Waals surface area contributed by atoms with Crippen molar-refractivity contribution in [1.82, 2.24) is 10.3 Å². The van der Waals surface area contributed by atoms with Crippen molar-refractivity contribution < 1.29 is 28.9 Å². The zero-order valence-corrected chi connectivity index (χ0v) is 16.4. The van der Waals surface area contributed by atoms with Crippen molar-refractivity contribution in [3.63, 3.8) is 0 Å². The van der Waals surface area contributed by atoms with Crippen LogP contribution in [0.4, 0.5) is 4.79 Å². The van der Waals surface area contributed by atoms with Gasteiger partial charge in [0.2, 0.25) is 5.75 Å². The number of nitrogens with zero attached hydrogens (tertiary/aromatic N) is 2. The van der Waals surface area contributed by atoms with Crippen LogP contribution in [0.5, 0.6) is 23.0 Å². The molecule has 152 valence electrons. The SMILES string of the molecule is COc1ccc([C@@]2(C)NC(=O)N(/N=C/c3cc(OC)c(O)c(OC)c3)C2=O)cc1. The Morgan fingerprint density at radius 1 is 1.03 bits per heavy atom. The summed E-state index contributed by atoms with van der Waals surface area (Å²) in [5.41, 5.74) is -0.192. The minimum Gasteiger partial charge on any atom is -0.502 e. The Morgan fingerprint density at radius 3 is 2.14 bits per heavy atom. The maximum Gasteiger partial charge on any atom is 0.346 e. The normalized spacial score (nSPS) is 18.8. The highest BCUT2D eigenvalue weighted by atomic mass is 16.5. The van der Waals surface area contributed by atoms with E-state index in [-0.39, 0.29) is 17.2 Å². The van der Waals surface area contributed by atoms with E-state index >= 15 is 0 Å². The van der Waals surface area contributed by atoms with E-state index in [0.29, 0.717) is 16.9 Å². The Bertz CT molecular complexity index is 948. The molecule has 9 heteroatoms. The molecule has 1 fully saturated rings. The summed E-state index contributed by atoms with van der Waals surface area (Å²) in [7, 11) is 4.34. The van der Waals surface area contributed by atoms with E-state index in [1.807, 2.05) is 0 Å². The number of phenols is 1. The third-order valence-corrected chi connectivity index (χ3v) is 4.66. The first-order valence-corrected chi connectivity index (χ1v) is 8.64.